The highest BCUT2D eigenvalue weighted by Crippen LogP contribution is 2.32. The van der Waals surface area contributed by atoms with E-state index in [0.29, 0.717) is 5.92 Å². The number of rotatable bonds is 6. The molecular weight excluding hydrogens is 172 g/mol. The van der Waals surface area contributed by atoms with E-state index in [9.17, 15) is 5.11 Å². The Morgan fingerprint density at radius 3 is 2.71 bits per heavy atom. The fourth-order valence-electron chi connectivity index (χ4n) is 2.25. The lowest BCUT2D eigenvalue weighted by Gasteiger charge is -2.29. The molecule has 1 heteroatoms. The second-order valence-electron chi connectivity index (χ2n) is 4.78. The van der Waals surface area contributed by atoms with Crippen LogP contribution in [0.3, 0.4) is 0 Å². The number of hydrogen-bond acceptors (Lipinski definition) is 1. The summed E-state index contributed by atoms with van der Waals surface area (Å²) < 4.78 is 0. The summed E-state index contributed by atoms with van der Waals surface area (Å²) in [5.74, 6) is 0.407. The Morgan fingerprint density at radius 2 is 2.14 bits per heavy atom. The normalized spacial score (nSPS) is 25.2. The summed E-state index contributed by atoms with van der Waals surface area (Å²) in [6.07, 6.45) is 12.7. The number of allylic oxidation sites excluding steroid dienone is 1. The molecule has 1 aliphatic rings. The van der Waals surface area contributed by atoms with Crippen LogP contribution in [0.5, 0.6) is 0 Å². The van der Waals surface area contributed by atoms with Crippen molar-refractivity contribution in [3.05, 3.63) is 12.2 Å². The van der Waals surface area contributed by atoms with Gasteiger partial charge in [0.15, 0.2) is 0 Å². The molecule has 0 aromatic heterocycles. The smallest absolute Gasteiger partial charge is 0.0682 e. The highest BCUT2D eigenvalue weighted by Gasteiger charge is 2.30. The zero-order valence-electron chi connectivity index (χ0n) is 9.63. The van der Waals surface area contributed by atoms with Gasteiger partial charge in [-0.3, -0.25) is 0 Å². The summed E-state index contributed by atoms with van der Waals surface area (Å²) in [5.41, 5.74) is -0.458. The van der Waals surface area contributed by atoms with Crippen LogP contribution < -0.4 is 0 Å². The third-order valence-electron chi connectivity index (χ3n) is 3.35. The Balaban J connectivity index is 2.22. The molecule has 14 heavy (non-hydrogen) atoms. The molecule has 82 valence electrons. The third-order valence-corrected chi connectivity index (χ3v) is 3.35. The van der Waals surface area contributed by atoms with Crippen LogP contribution in [-0.2, 0) is 0 Å². The Bertz CT molecular complexity index is 182. The zero-order valence-corrected chi connectivity index (χ0v) is 9.63. The van der Waals surface area contributed by atoms with Crippen molar-refractivity contribution in [3.63, 3.8) is 0 Å². The molecule has 1 N–H and O–H groups in total. The fourth-order valence-corrected chi connectivity index (χ4v) is 2.25. The summed E-state index contributed by atoms with van der Waals surface area (Å²) in [6, 6.07) is 0. The highest BCUT2D eigenvalue weighted by atomic mass is 16.3. The van der Waals surface area contributed by atoms with Crippen LogP contribution in [0.4, 0.5) is 0 Å². The van der Waals surface area contributed by atoms with Gasteiger partial charge in [0.1, 0.15) is 0 Å². The van der Waals surface area contributed by atoms with E-state index in [1.54, 1.807) is 0 Å². The predicted molar refractivity (Wildman–Crippen MR) is 61.2 cm³/mol. The molecule has 0 saturated carbocycles. The molecule has 0 aromatic rings. The average molecular weight is 196 g/mol. The van der Waals surface area contributed by atoms with Gasteiger partial charge in [0.05, 0.1) is 5.60 Å². The van der Waals surface area contributed by atoms with Crippen LogP contribution in [0.15, 0.2) is 12.2 Å². The van der Waals surface area contributed by atoms with Gasteiger partial charge in [0.25, 0.3) is 0 Å². The first-order valence-electron chi connectivity index (χ1n) is 6.06. The minimum atomic E-state index is -0.458. The molecule has 0 radical (unpaired) electrons. The minimum Gasteiger partial charge on any atom is -0.390 e. The van der Waals surface area contributed by atoms with E-state index in [4.69, 9.17) is 0 Å². The Hall–Kier alpha value is -0.300. The van der Waals surface area contributed by atoms with Crippen LogP contribution in [0.2, 0.25) is 0 Å². The summed E-state index contributed by atoms with van der Waals surface area (Å²) in [4.78, 5) is 0. The Morgan fingerprint density at radius 1 is 1.36 bits per heavy atom. The molecule has 0 amide bonds. The van der Waals surface area contributed by atoms with Gasteiger partial charge < -0.3 is 5.11 Å². The number of unbranched alkanes of at least 4 members (excludes halogenated alkanes) is 3. The first-order chi connectivity index (χ1) is 6.67. The maximum absolute atomic E-state index is 10.3. The average Bonchev–Trinajstić information content (AvgIpc) is 2.65. The first-order valence-corrected chi connectivity index (χ1v) is 6.06. The van der Waals surface area contributed by atoms with Crippen LogP contribution >= 0.6 is 0 Å². The number of hydrogen-bond donors (Lipinski definition) is 1. The van der Waals surface area contributed by atoms with E-state index in [1.165, 1.54) is 25.7 Å². The molecule has 1 rings (SSSR count). The van der Waals surface area contributed by atoms with Gasteiger partial charge in [0.2, 0.25) is 0 Å². The van der Waals surface area contributed by atoms with Crippen molar-refractivity contribution in [2.45, 2.75) is 64.4 Å². The molecule has 0 heterocycles. The van der Waals surface area contributed by atoms with E-state index < -0.39 is 5.60 Å². The first kappa shape index (κ1) is 11.8. The predicted octanol–water partition coefficient (Wildman–Crippen LogP) is 3.67. The minimum absolute atomic E-state index is 0.407. The standard InChI is InChI=1S/C13H24O/c1-3-4-5-8-11-13(2,14)12-9-6-7-10-12/h6,9,12,14H,3-5,7-8,10-11H2,1-2H3. The molecule has 0 aromatic carbocycles. The van der Waals surface area contributed by atoms with Crippen molar-refractivity contribution < 1.29 is 5.11 Å². The van der Waals surface area contributed by atoms with E-state index in [2.05, 4.69) is 19.1 Å². The van der Waals surface area contributed by atoms with Crippen molar-refractivity contribution >= 4 is 0 Å². The fraction of sp³-hybridized carbons (Fsp3) is 0.846. The Labute approximate surface area is 88.2 Å². The van der Waals surface area contributed by atoms with Crippen LogP contribution in [0.25, 0.3) is 0 Å². The lowest BCUT2D eigenvalue weighted by molar-refractivity contribution is 0.00731. The zero-order chi connectivity index (χ0) is 10.4. The second-order valence-corrected chi connectivity index (χ2v) is 4.78. The maximum atomic E-state index is 10.3. The van der Waals surface area contributed by atoms with Gasteiger partial charge in [-0.1, -0.05) is 44.8 Å². The van der Waals surface area contributed by atoms with E-state index in [-0.39, 0.29) is 0 Å². The number of aliphatic hydroxyl groups is 1. The third kappa shape index (κ3) is 3.45. The largest absolute Gasteiger partial charge is 0.390 e. The van der Waals surface area contributed by atoms with Crippen molar-refractivity contribution in [2.24, 2.45) is 5.92 Å². The van der Waals surface area contributed by atoms with Gasteiger partial charge in [0, 0.05) is 5.92 Å². The quantitative estimate of drug-likeness (QED) is 0.507. The SMILES string of the molecule is CCCCCCC(C)(O)C1C=CCC1. The lowest BCUT2D eigenvalue weighted by atomic mass is 9.84. The molecule has 0 aliphatic heterocycles. The van der Waals surface area contributed by atoms with Crippen molar-refractivity contribution in [1.82, 2.24) is 0 Å². The summed E-state index contributed by atoms with van der Waals surface area (Å²) in [6.45, 7) is 4.22. The molecule has 1 nitrogen and oxygen atoms in total. The molecule has 0 fully saturated rings. The van der Waals surface area contributed by atoms with E-state index >= 15 is 0 Å². The maximum Gasteiger partial charge on any atom is 0.0682 e. The van der Waals surface area contributed by atoms with Gasteiger partial charge in [-0.15, -0.1) is 0 Å². The van der Waals surface area contributed by atoms with Crippen molar-refractivity contribution in [3.8, 4) is 0 Å². The van der Waals surface area contributed by atoms with Gasteiger partial charge in [-0.25, -0.2) is 0 Å². The monoisotopic (exact) mass is 196 g/mol. The Kier molecular flexibility index (Phi) is 4.67. The second kappa shape index (κ2) is 5.55. The van der Waals surface area contributed by atoms with E-state index in [0.717, 1.165) is 19.3 Å². The summed E-state index contributed by atoms with van der Waals surface area (Å²) in [7, 11) is 0. The summed E-state index contributed by atoms with van der Waals surface area (Å²) in [5, 5.41) is 10.3. The van der Waals surface area contributed by atoms with Gasteiger partial charge >= 0.3 is 0 Å². The van der Waals surface area contributed by atoms with Crippen molar-refractivity contribution in [2.75, 3.05) is 0 Å². The van der Waals surface area contributed by atoms with Gasteiger partial charge in [-0.2, -0.15) is 0 Å². The van der Waals surface area contributed by atoms with Gasteiger partial charge in [-0.05, 0) is 26.2 Å². The molecule has 1 aliphatic carbocycles. The highest BCUT2D eigenvalue weighted by molar-refractivity contribution is 5.03. The summed E-state index contributed by atoms with van der Waals surface area (Å²) >= 11 is 0. The van der Waals surface area contributed by atoms with Crippen LogP contribution in [0, 0.1) is 5.92 Å². The van der Waals surface area contributed by atoms with E-state index in [1.807, 2.05) is 6.92 Å². The van der Waals surface area contributed by atoms with Crippen LogP contribution in [0.1, 0.15) is 58.8 Å². The van der Waals surface area contributed by atoms with Crippen molar-refractivity contribution in [1.29, 1.82) is 0 Å². The van der Waals surface area contributed by atoms with Crippen LogP contribution in [-0.4, -0.2) is 10.7 Å². The topological polar surface area (TPSA) is 20.2 Å². The molecule has 0 bridgehead atoms. The molecule has 2 atom stereocenters. The lowest BCUT2D eigenvalue weighted by Crippen LogP contribution is -2.32. The molecule has 0 spiro atoms. The molecule has 2 unspecified atom stereocenters. The molecule has 0 saturated heterocycles. The molecular formula is C13H24O.